The van der Waals surface area contributed by atoms with Crippen molar-refractivity contribution in [3.63, 3.8) is 0 Å². The highest BCUT2D eigenvalue weighted by Crippen LogP contribution is 2.40. The minimum Gasteiger partial charge on any atom is -0.350 e. The molecule has 3 amide bonds. The van der Waals surface area contributed by atoms with Crippen LogP contribution in [-0.4, -0.2) is 59.1 Å². The molecule has 3 aliphatic rings. The molecule has 172 valence electrons. The molecule has 5 atom stereocenters. The predicted molar refractivity (Wildman–Crippen MR) is 117 cm³/mol. The number of carbonyl (C=O) groups is 4. The Balaban J connectivity index is 1.77. The van der Waals surface area contributed by atoms with Gasteiger partial charge in [0.2, 0.25) is 17.7 Å². The number of amides is 3. The van der Waals surface area contributed by atoms with E-state index in [1.807, 2.05) is 20.8 Å². The number of fused-ring (bicyclic) bond motifs is 1. The second-order valence-electron chi connectivity index (χ2n) is 9.60. The van der Waals surface area contributed by atoms with Crippen molar-refractivity contribution in [3.8, 4) is 0 Å². The highest BCUT2D eigenvalue weighted by Gasteiger charge is 2.53. The Labute approximate surface area is 184 Å². The first kappa shape index (κ1) is 23.4. The summed E-state index contributed by atoms with van der Waals surface area (Å²) in [6.45, 7) is 9.87. The second-order valence-corrected chi connectivity index (χ2v) is 9.60. The van der Waals surface area contributed by atoms with Gasteiger partial charge >= 0.3 is 0 Å². The average molecular weight is 433 g/mol. The van der Waals surface area contributed by atoms with Crippen molar-refractivity contribution in [2.24, 2.45) is 23.5 Å². The molecule has 8 nitrogen and oxygen atoms in total. The van der Waals surface area contributed by atoms with Crippen molar-refractivity contribution in [3.05, 3.63) is 12.2 Å². The molecule has 1 unspecified atom stereocenters. The molecule has 31 heavy (non-hydrogen) atoms. The zero-order chi connectivity index (χ0) is 22.9. The van der Waals surface area contributed by atoms with Crippen molar-refractivity contribution in [1.82, 2.24) is 15.5 Å². The quantitative estimate of drug-likeness (QED) is 0.467. The number of nitrogens with two attached hydrogens (primary N) is 1. The summed E-state index contributed by atoms with van der Waals surface area (Å²) in [7, 11) is 0. The van der Waals surface area contributed by atoms with Gasteiger partial charge in [0.05, 0.1) is 12.1 Å². The molecule has 1 saturated heterocycles. The van der Waals surface area contributed by atoms with E-state index in [2.05, 4.69) is 17.2 Å². The zero-order valence-electron chi connectivity index (χ0n) is 18.9. The lowest BCUT2D eigenvalue weighted by molar-refractivity contribution is -0.141. The maximum Gasteiger partial charge on any atom is 0.248 e. The molecular formula is C23H36N4O4. The van der Waals surface area contributed by atoms with Crippen LogP contribution >= 0.6 is 0 Å². The van der Waals surface area contributed by atoms with Gasteiger partial charge in [-0.3, -0.25) is 19.2 Å². The van der Waals surface area contributed by atoms with Crippen molar-refractivity contribution in [2.45, 2.75) is 83.5 Å². The summed E-state index contributed by atoms with van der Waals surface area (Å²) in [6.07, 6.45) is 4.29. The first-order chi connectivity index (χ1) is 14.6. The van der Waals surface area contributed by atoms with E-state index >= 15 is 0 Å². The summed E-state index contributed by atoms with van der Waals surface area (Å²) in [4.78, 5) is 52.8. The Kier molecular flexibility index (Phi) is 7.19. The van der Waals surface area contributed by atoms with Crippen LogP contribution in [0.4, 0.5) is 0 Å². The van der Waals surface area contributed by atoms with E-state index in [4.69, 9.17) is 5.73 Å². The topological polar surface area (TPSA) is 122 Å². The van der Waals surface area contributed by atoms with E-state index in [0.717, 1.165) is 19.3 Å². The third kappa shape index (κ3) is 5.00. The van der Waals surface area contributed by atoms with E-state index in [0.29, 0.717) is 24.8 Å². The lowest BCUT2D eigenvalue weighted by Crippen LogP contribution is -2.56. The number of ketones is 1. The molecule has 0 spiro atoms. The number of hydrogen-bond donors (Lipinski definition) is 3. The van der Waals surface area contributed by atoms with Gasteiger partial charge in [-0.1, -0.05) is 33.8 Å². The fraction of sp³-hybridized carbons (Fsp3) is 0.739. The average Bonchev–Trinajstić information content (AvgIpc) is 3.35. The summed E-state index contributed by atoms with van der Waals surface area (Å²) in [5.41, 5.74) is 6.43. The minimum atomic E-state index is -0.743. The van der Waals surface area contributed by atoms with Crippen molar-refractivity contribution in [2.75, 3.05) is 6.54 Å². The van der Waals surface area contributed by atoms with Gasteiger partial charge in [0.25, 0.3) is 0 Å². The summed E-state index contributed by atoms with van der Waals surface area (Å²) in [6, 6.07) is -1.78. The lowest BCUT2D eigenvalue weighted by atomic mass is 9.92. The molecule has 2 saturated carbocycles. The number of rotatable bonds is 9. The van der Waals surface area contributed by atoms with E-state index in [9.17, 15) is 19.2 Å². The van der Waals surface area contributed by atoms with Crippen LogP contribution in [-0.2, 0) is 19.2 Å². The Hall–Kier alpha value is -2.22. The Morgan fingerprint density at radius 2 is 1.90 bits per heavy atom. The molecule has 4 N–H and O–H groups in total. The van der Waals surface area contributed by atoms with Crippen molar-refractivity contribution in [1.29, 1.82) is 0 Å². The summed E-state index contributed by atoms with van der Waals surface area (Å²) < 4.78 is 0. The number of Topliss-reactive ketones (excluding diaryl/α,β-unsaturated/α-hetero) is 1. The van der Waals surface area contributed by atoms with Crippen LogP contribution in [0.25, 0.3) is 0 Å². The molecule has 0 aromatic carbocycles. The fourth-order valence-corrected chi connectivity index (χ4v) is 4.69. The van der Waals surface area contributed by atoms with Gasteiger partial charge < -0.3 is 21.3 Å². The van der Waals surface area contributed by atoms with E-state index in [-0.39, 0.29) is 53.8 Å². The van der Waals surface area contributed by atoms with Crippen LogP contribution in [0.2, 0.25) is 0 Å². The van der Waals surface area contributed by atoms with Crippen LogP contribution in [0.3, 0.4) is 0 Å². The molecule has 0 radical (unpaired) electrons. The van der Waals surface area contributed by atoms with Crippen LogP contribution in [0.5, 0.6) is 0 Å². The minimum absolute atomic E-state index is 0.0777. The monoisotopic (exact) mass is 432 g/mol. The van der Waals surface area contributed by atoms with E-state index in [1.54, 1.807) is 0 Å². The molecule has 3 fully saturated rings. The number of likely N-dealkylation sites (tertiary alicyclic amines) is 1. The molecule has 1 aliphatic heterocycles. The van der Waals surface area contributed by atoms with Crippen LogP contribution in [0, 0.1) is 17.8 Å². The van der Waals surface area contributed by atoms with E-state index in [1.165, 1.54) is 4.90 Å². The molecule has 2 aliphatic carbocycles. The predicted octanol–water partition coefficient (Wildman–Crippen LogP) is 0.896. The maximum absolute atomic E-state index is 13.4. The van der Waals surface area contributed by atoms with Crippen LogP contribution in [0.1, 0.15) is 59.3 Å². The third-order valence-electron chi connectivity index (χ3n) is 6.86. The van der Waals surface area contributed by atoms with Gasteiger partial charge in [0, 0.05) is 36.4 Å². The highest BCUT2D eigenvalue weighted by atomic mass is 16.2. The molecule has 3 rings (SSSR count). The molecular weight excluding hydrogens is 396 g/mol. The molecule has 1 heterocycles. The van der Waals surface area contributed by atoms with Gasteiger partial charge in [-0.15, -0.1) is 0 Å². The maximum atomic E-state index is 13.4. The van der Waals surface area contributed by atoms with Gasteiger partial charge in [0.1, 0.15) is 11.8 Å². The van der Waals surface area contributed by atoms with Crippen molar-refractivity contribution >= 4 is 23.5 Å². The second kappa shape index (κ2) is 9.51. The third-order valence-corrected chi connectivity index (χ3v) is 6.86. The first-order valence-corrected chi connectivity index (χ1v) is 11.5. The number of nitrogens with zero attached hydrogens (tertiary/aromatic N) is 1. The Bertz CT molecular complexity index is 761. The molecule has 0 aromatic rings. The van der Waals surface area contributed by atoms with Crippen molar-refractivity contribution < 1.29 is 19.2 Å². The molecule has 8 heteroatoms. The standard InChI is InChI=1S/C23H36N4O4/c1-5-6-17(13(4)21(29)25-14-7-8-14)26-22(30)20-15-9-10-18(28)16(15)11-27(20)23(31)19(24)12(2)3/h12,14-17,19-20H,4-11,24H2,1-3H3,(H,25,29)(H,26,30)/t15-,16-,17?,19-,20-/m0/s1. The fourth-order valence-electron chi connectivity index (χ4n) is 4.69. The Morgan fingerprint density at radius 3 is 2.48 bits per heavy atom. The Morgan fingerprint density at radius 1 is 1.23 bits per heavy atom. The van der Waals surface area contributed by atoms with Gasteiger partial charge in [-0.05, 0) is 31.6 Å². The summed E-state index contributed by atoms with van der Waals surface area (Å²) in [5.74, 6) is -1.35. The first-order valence-electron chi connectivity index (χ1n) is 11.5. The summed E-state index contributed by atoms with van der Waals surface area (Å²) >= 11 is 0. The smallest absolute Gasteiger partial charge is 0.248 e. The summed E-state index contributed by atoms with van der Waals surface area (Å²) in [5, 5.41) is 5.89. The largest absolute Gasteiger partial charge is 0.350 e. The van der Waals surface area contributed by atoms with Crippen LogP contribution < -0.4 is 16.4 Å². The van der Waals surface area contributed by atoms with Gasteiger partial charge in [-0.2, -0.15) is 0 Å². The van der Waals surface area contributed by atoms with Crippen LogP contribution in [0.15, 0.2) is 12.2 Å². The number of hydrogen-bond acceptors (Lipinski definition) is 5. The SMILES string of the molecule is C=C(C(=O)NC1CC1)C(CCC)NC(=O)[C@@H]1[C@H]2CCC(=O)[C@H]2CN1C(=O)[C@@H](N)C(C)C. The van der Waals surface area contributed by atoms with Gasteiger partial charge in [-0.25, -0.2) is 0 Å². The lowest BCUT2D eigenvalue weighted by Gasteiger charge is -2.31. The van der Waals surface area contributed by atoms with E-state index < -0.39 is 18.1 Å². The normalized spacial score (nSPS) is 27.1. The highest BCUT2D eigenvalue weighted by molar-refractivity contribution is 5.97. The number of carbonyl (C=O) groups excluding carboxylic acids is 4. The zero-order valence-corrected chi connectivity index (χ0v) is 18.9. The number of nitrogens with one attached hydrogen (secondary N) is 2. The molecule has 0 bridgehead atoms. The van der Waals surface area contributed by atoms with Gasteiger partial charge in [0.15, 0.2) is 0 Å². The molecule has 0 aromatic heterocycles.